The second-order valence-corrected chi connectivity index (χ2v) is 5.95. The number of carbonyl (C=O) groups excluding carboxylic acids is 1. The van der Waals surface area contributed by atoms with Gasteiger partial charge in [-0.05, 0) is 6.07 Å². The van der Waals surface area contributed by atoms with E-state index in [0.717, 1.165) is 10.8 Å². The number of benzene rings is 1. The fourth-order valence-corrected chi connectivity index (χ4v) is 2.55. The van der Waals surface area contributed by atoms with Gasteiger partial charge in [-0.1, -0.05) is 12.1 Å². The fourth-order valence-electron chi connectivity index (χ4n) is 2.55. The molecule has 28 heavy (non-hydrogen) atoms. The lowest BCUT2D eigenvalue weighted by Crippen LogP contribution is -2.48. The van der Waals surface area contributed by atoms with Crippen molar-refractivity contribution in [3.05, 3.63) is 52.6 Å². The minimum atomic E-state index is -5.12. The highest BCUT2D eigenvalue weighted by Crippen LogP contribution is 2.40. The number of nitrogens with one attached hydrogen (secondary N) is 2. The summed E-state index contributed by atoms with van der Waals surface area (Å²) in [6.07, 6.45) is -4.08. The van der Waals surface area contributed by atoms with Gasteiger partial charge in [0.25, 0.3) is 5.69 Å². The van der Waals surface area contributed by atoms with Gasteiger partial charge < -0.3 is 20.3 Å². The Morgan fingerprint density at radius 2 is 2.00 bits per heavy atom. The molecule has 1 heterocycles. The van der Waals surface area contributed by atoms with Crippen LogP contribution in [0.3, 0.4) is 0 Å². The van der Waals surface area contributed by atoms with Crippen LogP contribution in [-0.2, 0) is 17.4 Å². The summed E-state index contributed by atoms with van der Waals surface area (Å²) >= 11 is 0. The van der Waals surface area contributed by atoms with Gasteiger partial charge in [-0.25, -0.2) is 4.98 Å². The van der Waals surface area contributed by atoms with Gasteiger partial charge in [0.1, 0.15) is 5.69 Å². The van der Waals surface area contributed by atoms with Crippen molar-refractivity contribution in [2.75, 3.05) is 18.4 Å². The van der Waals surface area contributed by atoms with Crippen LogP contribution >= 0.6 is 0 Å². The summed E-state index contributed by atoms with van der Waals surface area (Å²) in [7, 11) is 1.27. The Morgan fingerprint density at radius 1 is 1.32 bits per heavy atom. The summed E-state index contributed by atoms with van der Waals surface area (Å²) in [4.78, 5) is 25.8. The van der Waals surface area contributed by atoms with Crippen molar-refractivity contribution in [1.29, 1.82) is 0 Å². The minimum Gasteiger partial charge on any atom is -0.378 e. The first kappa shape index (κ1) is 21.2. The average Bonchev–Trinajstić information content (AvgIpc) is 3.04. The number of hydrogen-bond donors (Lipinski definition) is 3. The molecule has 152 valence electrons. The molecule has 12 heteroatoms. The molecule has 3 N–H and O–H groups in total. The number of amides is 1. The smallest absolute Gasteiger partial charge is 0.378 e. The summed E-state index contributed by atoms with van der Waals surface area (Å²) in [6, 6.07) is 5.81. The maximum Gasteiger partial charge on any atom is 0.425 e. The van der Waals surface area contributed by atoms with Crippen molar-refractivity contribution < 1.29 is 28.0 Å². The van der Waals surface area contributed by atoms with Crippen LogP contribution < -0.4 is 10.6 Å². The summed E-state index contributed by atoms with van der Waals surface area (Å²) in [6.45, 7) is -0.0805. The molecule has 1 atom stereocenters. The molecular formula is C16H18F3N5O4. The van der Waals surface area contributed by atoms with Gasteiger partial charge in [-0.15, -0.1) is 0 Å². The van der Waals surface area contributed by atoms with Gasteiger partial charge in [-0.3, -0.25) is 14.9 Å². The molecule has 0 aliphatic rings. The zero-order valence-electron chi connectivity index (χ0n) is 14.7. The number of anilines is 1. The molecule has 0 saturated heterocycles. The molecule has 1 amide bonds. The predicted molar refractivity (Wildman–Crippen MR) is 92.4 cm³/mol. The Morgan fingerprint density at radius 3 is 2.57 bits per heavy atom. The van der Waals surface area contributed by atoms with Crippen LogP contribution in [0.1, 0.15) is 12.2 Å². The number of aryl methyl sites for hydroxylation is 1. The number of aliphatic hydroxyl groups is 1. The number of alkyl halides is 3. The molecule has 1 aromatic carbocycles. The molecule has 1 unspecified atom stereocenters. The topological polar surface area (TPSA) is 122 Å². The number of aromatic nitrogens is 2. The van der Waals surface area contributed by atoms with E-state index in [4.69, 9.17) is 0 Å². The van der Waals surface area contributed by atoms with E-state index in [2.05, 4.69) is 15.6 Å². The lowest BCUT2D eigenvalue weighted by atomic mass is 9.97. The SMILES string of the molecule is Cn1ccnc1C(O)(CC(=O)NCCNc1ccccc1[N+](=O)[O-])C(F)(F)F. The number of imidazole rings is 1. The molecule has 2 aromatic rings. The van der Waals surface area contributed by atoms with Gasteiger partial charge in [0.05, 0.1) is 11.3 Å². The van der Waals surface area contributed by atoms with Crippen molar-refractivity contribution in [3.8, 4) is 0 Å². The fraction of sp³-hybridized carbons (Fsp3) is 0.375. The van der Waals surface area contributed by atoms with Crippen molar-refractivity contribution in [3.63, 3.8) is 0 Å². The third-order valence-electron chi connectivity index (χ3n) is 3.94. The lowest BCUT2D eigenvalue weighted by Gasteiger charge is -2.29. The Bertz CT molecular complexity index is 855. The maximum atomic E-state index is 13.4. The first-order valence-electron chi connectivity index (χ1n) is 8.07. The Labute approximate surface area is 157 Å². The minimum absolute atomic E-state index is 0.0312. The Balaban J connectivity index is 1.96. The van der Waals surface area contributed by atoms with Gasteiger partial charge in [-0.2, -0.15) is 13.2 Å². The van der Waals surface area contributed by atoms with Crippen LogP contribution in [0.25, 0.3) is 0 Å². The average molecular weight is 401 g/mol. The van der Waals surface area contributed by atoms with Crippen LogP contribution in [-0.4, -0.2) is 44.8 Å². The molecule has 0 aliphatic heterocycles. The maximum absolute atomic E-state index is 13.4. The number of halogens is 3. The van der Waals surface area contributed by atoms with Crippen LogP contribution in [0.2, 0.25) is 0 Å². The first-order chi connectivity index (χ1) is 13.1. The van der Waals surface area contributed by atoms with E-state index in [-0.39, 0.29) is 24.5 Å². The molecule has 9 nitrogen and oxygen atoms in total. The normalized spacial score (nSPS) is 13.6. The number of nitrogens with zero attached hydrogens (tertiary/aromatic N) is 3. The molecule has 0 saturated carbocycles. The van der Waals surface area contributed by atoms with Crippen molar-refractivity contribution in [2.24, 2.45) is 7.05 Å². The molecule has 0 bridgehead atoms. The number of para-hydroxylation sites is 2. The first-order valence-corrected chi connectivity index (χ1v) is 8.07. The number of nitro benzene ring substituents is 1. The predicted octanol–water partition coefficient (Wildman–Crippen LogP) is 1.70. The quantitative estimate of drug-likeness (QED) is 0.352. The number of nitro groups is 1. The summed E-state index contributed by atoms with van der Waals surface area (Å²) in [5.41, 5.74) is -3.40. The number of hydrogen-bond acceptors (Lipinski definition) is 6. The molecule has 1 aromatic heterocycles. The third kappa shape index (κ3) is 4.57. The van der Waals surface area contributed by atoms with E-state index < -0.39 is 34.9 Å². The lowest BCUT2D eigenvalue weighted by molar-refractivity contribution is -0.384. The van der Waals surface area contributed by atoms with Gasteiger partial charge in [0.15, 0.2) is 5.82 Å². The van der Waals surface area contributed by atoms with Gasteiger partial charge in [0, 0.05) is 38.6 Å². The summed E-state index contributed by atoms with van der Waals surface area (Å²) in [5, 5.41) is 26.0. The van der Waals surface area contributed by atoms with Gasteiger partial charge >= 0.3 is 6.18 Å². The largest absolute Gasteiger partial charge is 0.425 e. The second kappa shape index (κ2) is 8.25. The van der Waals surface area contributed by atoms with E-state index >= 15 is 0 Å². The van der Waals surface area contributed by atoms with E-state index in [0.29, 0.717) is 0 Å². The third-order valence-corrected chi connectivity index (χ3v) is 3.94. The van der Waals surface area contributed by atoms with Crippen LogP contribution in [0.15, 0.2) is 36.7 Å². The van der Waals surface area contributed by atoms with Crippen LogP contribution in [0, 0.1) is 10.1 Å². The second-order valence-electron chi connectivity index (χ2n) is 5.95. The molecule has 0 aliphatic carbocycles. The van der Waals surface area contributed by atoms with E-state index in [9.17, 15) is 33.2 Å². The van der Waals surface area contributed by atoms with Crippen molar-refractivity contribution in [2.45, 2.75) is 18.2 Å². The number of carbonyl (C=O) groups is 1. The monoisotopic (exact) mass is 401 g/mol. The summed E-state index contributed by atoms with van der Waals surface area (Å²) in [5.74, 6) is -1.75. The van der Waals surface area contributed by atoms with Crippen LogP contribution in [0.5, 0.6) is 0 Å². The molecular weight excluding hydrogens is 383 g/mol. The molecule has 0 fully saturated rings. The highest BCUT2D eigenvalue weighted by molar-refractivity contribution is 5.77. The molecule has 0 radical (unpaired) electrons. The Kier molecular flexibility index (Phi) is 6.23. The standard InChI is InChI=1S/C16H18F3N5O4/c1-23-9-8-22-14(23)15(26,16(17,18)19)10-13(25)21-7-6-20-11-4-2-3-5-12(11)24(27)28/h2-5,8-9,20,26H,6-7,10H2,1H3,(H,21,25). The zero-order valence-corrected chi connectivity index (χ0v) is 14.7. The van der Waals surface area contributed by atoms with E-state index in [1.54, 1.807) is 6.07 Å². The van der Waals surface area contributed by atoms with Crippen LogP contribution in [0.4, 0.5) is 24.5 Å². The van der Waals surface area contributed by atoms with Crippen molar-refractivity contribution in [1.82, 2.24) is 14.9 Å². The highest BCUT2D eigenvalue weighted by atomic mass is 19.4. The van der Waals surface area contributed by atoms with Crippen molar-refractivity contribution >= 4 is 17.3 Å². The summed E-state index contributed by atoms with van der Waals surface area (Å²) < 4.78 is 41.1. The zero-order chi connectivity index (χ0) is 20.9. The van der Waals surface area contributed by atoms with Gasteiger partial charge in [0.2, 0.25) is 11.5 Å². The molecule has 0 spiro atoms. The van der Waals surface area contributed by atoms with E-state index in [1.807, 2.05) is 0 Å². The Hall–Kier alpha value is -3.15. The highest BCUT2D eigenvalue weighted by Gasteiger charge is 2.58. The molecule has 2 rings (SSSR count). The number of rotatable bonds is 8. The van der Waals surface area contributed by atoms with E-state index in [1.165, 1.54) is 31.4 Å².